The van der Waals surface area contributed by atoms with Gasteiger partial charge >= 0.3 is 0 Å². The minimum absolute atomic E-state index is 0.252. The Morgan fingerprint density at radius 1 is 0.808 bits per heavy atom. The van der Waals surface area contributed by atoms with Crippen LogP contribution in [-0.4, -0.2) is 11.2 Å². The normalized spacial score (nSPS) is 13.5. The zero-order valence-corrected chi connectivity index (χ0v) is 15.5. The number of hydrogen-bond donors (Lipinski definition) is 0. The zero-order valence-electron chi connectivity index (χ0n) is 15.5. The highest BCUT2D eigenvalue weighted by atomic mass is 16.6. The summed E-state index contributed by atoms with van der Waals surface area (Å²) in [7, 11) is 0. The molecule has 0 atom stereocenters. The van der Waals surface area contributed by atoms with E-state index in [0.29, 0.717) is 19.3 Å². The number of hydrogen-bond acceptors (Lipinski definition) is 3. The molecule has 0 heterocycles. The molecule has 0 unspecified atom stereocenters. The maximum Gasteiger partial charge on any atom is 0.246 e. The minimum Gasteiger partial charge on any atom is -0.303 e. The lowest BCUT2D eigenvalue weighted by Crippen LogP contribution is -1.96. The van der Waals surface area contributed by atoms with E-state index in [0.717, 1.165) is 25.5 Å². The molecule has 0 rings (SSSR count). The van der Waals surface area contributed by atoms with Gasteiger partial charge in [0, 0.05) is 6.42 Å². The first-order valence-electron chi connectivity index (χ1n) is 8.94. The Hall–Kier alpha value is -2.75. The molecule has 0 saturated carbocycles. The Labute approximate surface area is 156 Å². The second kappa shape index (κ2) is 18.6. The quantitative estimate of drug-likeness (QED) is 0.0952. The van der Waals surface area contributed by atoms with Gasteiger partial charge in [-0.3, -0.25) is 10.1 Å². The highest BCUT2D eigenvalue weighted by Crippen LogP contribution is 2.05. The van der Waals surface area contributed by atoms with Crippen LogP contribution in [0.15, 0.2) is 84.7 Å². The molecular weight excluding hydrogens is 326 g/mol. The summed E-state index contributed by atoms with van der Waals surface area (Å²) < 4.78 is 0. The number of aldehydes is 1. The van der Waals surface area contributed by atoms with Crippen molar-refractivity contribution in [3.05, 3.63) is 94.8 Å². The number of rotatable bonds is 14. The van der Waals surface area contributed by atoms with Crippen molar-refractivity contribution in [2.24, 2.45) is 0 Å². The maximum absolute atomic E-state index is 10.7. The van der Waals surface area contributed by atoms with Crippen LogP contribution in [0, 0.1) is 10.1 Å². The van der Waals surface area contributed by atoms with Crippen molar-refractivity contribution in [2.75, 3.05) is 0 Å². The fraction of sp³-hybridized carbons (Fsp3) is 0.318. The fourth-order valence-corrected chi connectivity index (χ4v) is 1.87. The molecule has 0 saturated heterocycles. The van der Waals surface area contributed by atoms with Crippen molar-refractivity contribution in [3.8, 4) is 0 Å². The van der Waals surface area contributed by atoms with Crippen molar-refractivity contribution >= 4 is 6.29 Å². The molecule has 0 aromatic carbocycles. The third-order valence-corrected chi connectivity index (χ3v) is 3.16. The van der Waals surface area contributed by atoms with E-state index in [1.807, 2.05) is 73.8 Å². The smallest absolute Gasteiger partial charge is 0.246 e. The average Bonchev–Trinajstić information content (AvgIpc) is 2.63. The Bertz CT molecular complexity index is 591. The summed E-state index contributed by atoms with van der Waals surface area (Å²) >= 11 is 0. The third kappa shape index (κ3) is 16.1. The molecule has 0 radical (unpaired) electrons. The van der Waals surface area contributed by atoms with Crippen LogP contribution in [-0.2, 0) is 4.79 Å². The van der Waals surface area contributed by atoms with Gasteiger partial charge in [0.2, 0.25) is 5.70 Å². The van der Waals surface area contributed by atoms with Gasteiger partial charge in [-0.15, -0.1) is 0 Å². The molecule has 0 bridgehead atoms. The molecule has 4 nitrogen and oxygen atoms in total. The largest absolute Gasteiger partial charge is 0.303 e. The summed E-state index contributed by atoms with van der Waals surface area (Å²) in [5.41, 5.74) is 0.252. The van der Waals surface area contributed by atoms with Crippen LogP contribution in [0.1, 0.15) is 45.4 Å². The lowest BCUT2D eigenvalue weighted by molar-refractivity contribution is -0.427. The summed E-state index contributed by atoms with van der Waals surface area (Å²) in [6.45, 7) is 1.89. The molecule has 0 amide bonds. The fourth-order valence-electron chi connectivity index (χ4n) is 1.87. The van der Waals surface area contributed by atoms with Gasteiger partial charge < -0.3 is 4.79 Å². The van der Waals surface area contributed by atoms with Crippen molar-refractivity contribution in [1.82, 2.24) is 0 Å². The van der Waals surface area contributed by atoms with Crippen LogP contribution < -0.4 is 0 Å². The Morgan fingerprint density at radius 2 is 1.38 bits per heavy atom. The summed E-state index contributed by atoms with van der Waals surface area (Å²) in [4.78, 5) is 20.5. The van der Waals surface area contributed by atoms with Gasteiger partial charge in [0.05, 0.1) is 11.3 Å². The van der Waals surface area contributed by atoms with Crippen molar-refractivity contribution in [2.45, 2.75) is 45.4 Å². The number of allylic oxidation sites excluding steroid dienone is 13. The SMILES string of the molecule is CC/C=C(\C/C=C\C\C=C/C=C\C=C/C=C\C/C=C\CCC=O)[N+](=O)[O-]. The van der Waals surface area contributed by atoms with E-state index in [2.05, 4.69) is 6.08 Å². The van der Waals surface area contributed by atoms with Crippen molar-refractivity contribution < 1.29 is 9.72 Å². The summed E-state index contributed by atoms with van der Waals surface area (Å²) in [5, 5.41) is 10.7. The van der Waals surface area contributed by atoms with Gasteiger partial charge in [0.1, 0.15) is 6.29 Å². The second-order valence-corrected chi connectivity index (χ2v) is 5.35. The van der Waals surface area contributed by atoms with E-state index in [1.165, 1.54) is 0 Å². The predicted molar refractivity (Wildman–Crippen MR) is 109 cm³/mol. The first kappa shape index (κ1) is 23.2. The Morgan fingerprint density at radius 3 is 1.92 bits per heavy atom. The van der Waals surface area contributed by atoms with Crippen LogP contribution in [0.25, 0.3) is 0 Å². The van der Waals surface area contributed by atoms with Gasteiger partial charge in [-0.05, 0) is 31.8 Å². The van der Waals surface area contributed by atoms with E-state index in [-0.39, 0.29) is 10.6 Å². The summed E-state index contributed by atoms with van der Waals surface area (Å²) in [6.07, 6.45) is 30.2. The standard InChI is InChI=1S/C22H29NO3/c1-2-19-22(23(25)26)20-17-15-13-11-9-7-5-3-4-6-8-10-12-14-16-18-21-24/h3-9,11-12,14-15,17,19,21H,2,10,13,16,18,20H2,1H3/b4-3-,7-5-,8-6-,11-9-,14-12-,17-15-,22-19+. The topological polar surface area (TPSA) is 60.2 Å². The van der Waals surface area contributed by atoms with Crippen LogP contribution >= 0.6 is 0 Å². The first-order chi connectivity index (χ1) is 12.7. The highest BCUT2D eigenvalue weighted by molar-refractivity contribution is 5.49. The molecule has 0 fully saturated rings. The van der Waals surface area contributed by atoms with Crippen LogP contribution in [0.3, 0.4) is 0 Å². The van der Waals surface area contributed by atoms with E-state index in [1.54, 1.807) is 6.08 Å². The Balaban J connectivity index is 3.89. The number of nitro groups is 1. The van der Waals surface area contributed by atoms with E-state index in [4.69, 9.17) is 0 Å². The summed E-state index contributed by atoms with van der Waals surface area (Å²) in [5.74, 6) is 0. The highest BCUT2D eigenvalue weighted by Gasteiger charge is 2.05. The minimum atomic E-state index is -0.322. The molecule has 140 valence electrons. The molecule has 0 spiro atoms. The average molecular weight is 355 g/mol. The van der Waals surface area contributed by atoms with E-state index >= 15 is 0 Å². The number of nitrogens with zero attached hydrogens (tertiary/aromatic N) is 1. The number of carbonyl (C=O) groups excluding carboxylic acids is 1. The molecule has 0 aliphatic carbocycles. The maximum atomic E-state index is 10.7. The molecule has 0 aliphatic heterocycles. The molecular formula is C22H29NO3. The van der Waals surface area contributed by atoms with Crippen LogP contribution in [0.5, 0.6) is 0 Å². The van der Waals surface area contributed by atoms with Gasteiger partial charge in [-0.2, -0.15) is 0 Å². The van der Waals surface area contributed by atoms with Crippen molar-refractivity contribution in [1.29, 1.82) is 0 Å². The molecule has 0 aliphatic rings. The lowest BCUT2D eigenvalue weighted by atomic mass is 10.2. The van der Waals surface area contributed by atoms with E-state index < -0.39 is 0 Å². The van der Waals surface area contributed by atoms with Crippen LogP contribution in [0.4, 0.5) is 0 Å². The lowest BCUT2D eigenvalue weighted by Gasteiger charge is -1.92. The van der Waals surface area contributed by atoms with Gasteiger partial charge in [0.25, 0.3) is 0 Å². The van der Waals surface area contributed by atoms with E-state index in [9.17, 15) is 14.9 Å². The van der Waals surface area contributed by atoms with Gasteiger partial charge in [0.15, 0.2) is 0 Å². The molecule has 4 heteroatoms. The molecule has 0 aromatic rings. The second-order valence-electron chi connectivity index (χ2n) is 5.35. The van der Waals surface area contributed by atoms with Crippen LogP contribution in [0.2, 0.25) is 0 Å². The van der Waals surface area contributed by atoms with Crippen molar-refractivity contribution in [3.63, 3.8) is 0 Å². The molecule has 0 aromatic heterocycles. The molecule has 26 heavy (non-hydrogen) atoms. The number of unbranched alkanes of at least 4 members (excludes halogenated alkanes) is 1. The Kier molecular flexibility index (Phi) is 16.6. The third-order valence-electron chi connectivity index (χ3n) is 3.16. The monoisotopic (exact) mass is 355 g/mol. The zero-order chi connectivity index (χ0) is 19.3. The predicted octanol–water partition coefficient (Wildman–Crippen LogP) is 6.04. The van der Waals surface area contributed by atoms with Gasteiger partial charge in [-0.1, -0.05) is 79.8 Å². The number of carbonyl (C=O) groups is 1. The first-order valence-corrected chi connectivity index (χ1v) is 8.94. The summed E-state index contributed by atoms with van der Waals surface area (Å²) in [6, 6.07) is 0. The van der Waals surface area contributed by atoms with Gasteiger partial charge in [-0.25, -0.2) is 0 Å². The molecule has 0 N–H and O–H groups in total.